The van der Waals surface area contributed by atoms with Crippen LogP contribution in [0.4, 0.5) is 8.78 Å². The van der Waals surface area contributed by atoms with Crippen LogP contribution < -0.4 is 0 Å². The Bertz CT molecular complexity index is 789. The zero-order chi connectivity index (χ0) is 18.8. The minimum Gasteiger partial charge on any atom is -0.340 e. The summed E-state index contributed by atoms with van der Waals surface area (Å²) in [5.74, 6) is -1.04. The van der Waals surface area contributed by atoms with E-state index in [0.717, 1.165) is 18.2 Å². The summed E-state index contributed by atoms with van der Waals surface area (Å²) in [6.07, 6.45) is -0.121. The number of amides is 1. The fourth-order valence-electron chi connectivity index (χ4n) is 3.61. The van der Waals surface area contributed by atoms with Crippen LogP contribution in [0.3, 0.4) is 0 Å². The molecule has 1 aliphatic rings. The zero-order valence-corrected chi connectivity index (χ0v) is 15.4. The van der Waals surface area contributed by atoms with Crippen LogP contribution in [-0.4, -0.2) is 48.9 Å². The van der Waals surface area contributed by atoms with Gasteiger partial charge in [-0.05, 0) is 44.8 Å². The van der Waals surface area contributed by atoms with E-state index < -0.39 is 11.6 Å². The normalized spacial score (nSPS) is 20.0. The molecule has 0 bridgehead atoms. The van der Waals surface area contributed by atoms with Crippen LogP contribution >= 0.6 is 0 Å². The maximum absolute atomic E-state index is 13.9. The van der Waals surface area contributed by atoms with E-state index in [-0.39, 0.29) is 29.9 Å². The van der Waals surface area contributed by atoms with Crippen LogP contribution in [-0.2, 0) is 11.2 Å². The number of halogens is 2. The molecule has 1 amide bonds. The Morgan fingerprint density at radius 3 is 2.46 bits per heavy atom. The molecule has 0 saturated carbocycles. The molecule has 5 heteroatoms. The number of likely N-dealkylation sites (tertiary alicyclic amines) is 1. The predicted molar refractivity (Wildman–Crippen MR) is 98.0 cm³/mol. The van der Waals surface area contributed by atoms with Crippen molar-refractivity contribution in [2.45, 2.75) is 25.3 Å². The number of rotatable bonds is 4. The van der Waals surface area contributed by atoms with Gasteiger partial charge in [0.1, 0.15) is 11.6 Å². The lowest BCUT2D eigenvalue weighted by Crippen LogP contribution is -2.36. The standard InChI is InChI=1S/C21H24F2N2O/c1-14-4-6-15(7-5-14)18-12-25(13-20(18)24(2)3)21(26)11-16-10-17(22)8-9-19(16)23/h4-10,18,20H,11-13H2,1-3H3/t18-,20+/m0/s1. The first-order chi connectivity index (χ1) is 12.3. The molecule has 1 aliphatic heterocycles. The lowest BCUT2D eigenvalue weighted by molar-refractivity contribution is -0.129. The summed E-state index contributed by atoms with van der Waals surface area (Å²) >= 11 is 0. The maximum atomic E-state index is 13.9. The van der Waals surface area contributed by atoms with Gasteiger partial charge in [0.25, 0.3) is 0 Å². The van der Waals surface area contributed by atoms with Crippen molar-refractivity contribution in [1.29, 1.82) is 0 Å². The van der Waals surface area contributed by atoms with Gasteiger partial charge in [-0.15, -0.1) is 0 Å². The molecule has 0 aromatic heterocycles. The molecular weight excluding hydrogens is 334 g/mol. The van der Waals surface area contributed by atoms with Gasteiger partial charge in [-0.25, -0.2) is 8.78 Å². The van der Waals surface area contributed by atoms with Crippen molar-refractivity contribution in [3.05, 3.63) is 70.8 Å². The summed E-state index contributed by atoms with van der Waals surface area (Å²) < 4.78 is 27.2. The average Bonchev–Trinajstić information content (AvgIpc) is 3.04. The van der Waals surface area contributed by atoms with Crippen molar-refractivity contribution < 1.29 is 13.6 Å². The SMILES string of the molecule is Cc1ccc([C@@H]2CN(C(=O)Cc3cc(F)ccc3F)C[C@H]2N(C)C)cc1. The lowest BCUT2D eigenvalue weighted by Gasteiger charge is -2.25. The molecule has 0 radical (unpaired) electrons. The van der Waals surface area contributed by atoms with Crippen molar-refractivity contribution in [2.75, 3.05) is 27.2 Å². The molecule has 2 aromatic rings. The highest BCUT2D eigenvalue weighted by Gasteiger charge is 2.37. The molecule has 1 heterocycles. The molecule has 0 spiro atoms. The number of hydrogen-bond acceptors (Lipinski definition) is 2. The van der Waals surface area contributed by atoms with Gasteiger partial charge >= 0.3 is 0 Å². The second kappa shape index (κ2) is 7.54. The zero-order valence-electron chi connectivity index (χ0n) is 15.4. The van der Waals surface area contributed by atoms with Crippen LogP contribution in [0.2, 0.25) is 0 Å². The van der Waals surface area contributed by atoms with Crippen LogP contribution in [0.25, 0.3) is 0 Å². The van der Waals surface area contributed by atoms with Crippen molar-refractivity contribution in [3.8, 4) is 0 Å². The molecule has 2 atom stereocenters. The van der Waals surface area contributed by atoms with E-state index in [2.05, 4.69) is 29.2 Å². The van der Waals surface area contributed by atoms with E-state index in [4.69, 9.17) is 0 Å². The molecule has 1 fully saturated rings. The highest BCUT2D eigenvalue weighted by Crippen LogP contribution is 2.31. The van der Waals surface area contributed by atoms with Gasteiger partial charge in [-0.2, -0.15) is 0 Å². The molecule has 0 N–H and O–H groups in total. The number of nitrogens with zero attached hydrogens (tertiary/aromatic N) is 2. The fourth-order valence-corrected chi connectivity index (χ4v) is 3.61. The Morgan fingerprint density at radius 1 is 1.12 bits per heavy atom. The first-order valence-electron chi connectivity index (χ1n) is 8.80. The summed E-state index contributed by atoms with van der Waals surface area (Å²) in [5, 5.41) is 0. The minimum atomic E-state index is -0.543. The molecule has 2 aromatic carbocycles. The van der Waals surface area contributed by atoms with Gasteiger partial charge in [0.15, 0.2) is 0 Å². The maximum Gasteiger partial charge on any atom is 0.227 e. The Kier molecular flexibility index (Phi) is 5.37. The number of likely N-dealkylation sites (N-methyl/N-ethyl adjacent to an activating group) is 1. The van der Waals surface area contributed by atoms with Crippen LogP contribution in [0.1, 0.15) is 22.6 Å². The van der Waals surface area contributed by atoms with E-state index in [9.17, 15) is 13.6 Å². The van der Waals surface area contributed by atoms with E-state index >= 15 is 0 Å². The molecule has 1 saturated heterocycles. The molecule has 3 nitrogen and oxygen atoms in total. The Morgan fingerprint density at radius 2 is 1.81 bits per heavy atom. The second-order valence-corrected chi connectivity index (χ2v) is 7.26. The molecule has 0 unspecified atom stereocenters. The number of carbonyl (C=O) groups excluding carboxylic acids is 1. The summed E-state index contributed by atoms with van der Waals surface area (Å²) in [5.41, 5.74) is 2.50. The van der Waals surface area contributed by atoms with Gasteiger partial charge in [0.2, 0.25) is 5.91 Å². The Hall–Kier alpha value is -2.27. The van der Waals surface area contributed by atoms with Gasteiger partial charge in [-0.3, -0.25) is 4.79 Å². The number of benzene rings is 2. The fraction of sp³-hybridized carbons (Fsp3) is 0.381. The lowest BCUT2D eigenvalue weighted by atomic mass is 9.93. The summed E-state index contributed by atoms with van der Waals surface area (Å²) in [7, 11) is 4.01. The third kappa shape index (κ3) is 3.93. The van der Waals surface area contributed by atoms with Gasteiger partial charge < -0.3 is 9.80 Å². The molecular formula is C21H24F2N2O. The molecule has 0 aliphatic carbocycles. The third-order valence-corrected chi connectivity index (χ3v) is 5.16. The largest absolute Gasteiger partial charge is 0.340 e. The first kappa shape index (κ1) is 18.5. The Labute approximate surface area is 153 Å². The first-order valence-corrected chi connectivity index (χ1v) is 8.80. The number of hydrogen-bond donors (Lipinski definition) is 0. The monoisotopic (exact) mass is 358 g/mol. The van der Waals surface area contributed by atoms with Gasteiger partial charge in [0.05, 0.1) is 6.42 Å². The van der Waals surface area contributed by atoms with Crippen LogP contribution in [0.5, 0.6) is 0 Å². The highest BCUT2D eigenvalue weighted by atomic mass is 19.1. The van der Waals surface area contributed by atoms with E-state index in [1.165, 1.54) is 11.1 Å². The van der Waals surface area contributed by atoms with E-state index in [1.54, 1.807) is 4.90 Å². The quantitative estimate of drug-likeness (QED) is 0.837. The summed E-state index contributed by atoms with van der Waals surface area (Å²) in [6, 6.07) is 11.8. The highest BCUT2D eigenvalue weighted by molar-refractivity contribution is 5.79. The smallest absolute Gasteiger partial charge is 0.227 e. The predicted octanol–water partition coefficient (Wildman–Crippen LogP) is 3.37. The van der Waals surface area contributed by atoms with Crippen LogP contribution in [0, 0.1) is 18.6 Å². The second-order valence-electron chi connectivity index (χ2n) is 7.26. The molecule has 138 valence electrons. The van der Waals surface area contributed by atoms with Crippen molar-refractivity contribution in [3.63, 3.8) is 0 Å². The van der Waals surface area contributed by atoms with Crippen molar-refractivity contribution >= 4 is 5.91 Å². The van der Waals surface area contributed by atoms with Crippen LogP contribution in [0.15, 0.2) is 42.5 Å². The van der Waals surface area contributed by atoms with Crippen molar-refractivity contribution in [1.82, 2.24) is 9.80 Å². The van der Waals surface area contributed by atoms with Gasteiger partial charge in [-0.1, -0.05) is 29.8 Å². The third-order valence-electron chi connectivity index (χ3n) is 5.16. The van der Waals surface area contributed by atoms with E-state index in [0.29, 0.717) is 13.1 Å². The number of aryl methyl sites for hydroxylation is 1. The topological polar surface area (TPSA) is 23.6 Å². The number of carbonyl (C=O) groups is 1. The average molecular weight is 358 g/mol. The van der Waals surface area contributed by atoms with Gasteiger partial charge in [0, 0.05) is 30.6 Å². The molecule has 26 heavy (non-hydrogen) atoms. The minimum absolute atomic E-state index is 0.107. The summed E-state index contributed by atoms with van der Waals surface area (Å²) in [4.78, 5) is 16.6. The van der Waals surface area contributed by atoms with Crippen molar-refractivity contribution in [2.24, 2.45) is 0 Å². The van der Waals surface area contributed by atoms with E-state index in [1.807, 2.05) is 21.0 Å². The Balaban J connectivity index is 1.77. The summed E-state index contributed by atoms with van der Waals surface area (Å²) in [6.45, 7) is 3.22. The molecule has 3 rings (SSSR count).